The van der Waals surface area contributed by atoms with E-state index < -0.39 is 0 Å². The Hall–Kier alpha value is -6.68. The van der Waals surface area contributed by atoms with Crippen molar-refractivity contribution >= 4 is 68.6 Å². The topological polar surface area (TPSA) is 57.4 Å². The quantitative estimate of drug-likeness (QED) is 0.150. The third kappa shape index (κ3) is 7.95. The summed E-state index contributed by atoms with van der Waals surface area (Å²) in [7, 11) is 27.0. The number of para-hydroxylation sites is 4. The second-order valence-corrected chi connectivity index (χ2v) is 20.7. The molecule has 0 unspecified atom stereocenters. The maximum atomic E-state index is 5.78. The predicted octanol–water partition coefficient (Wildman–Crippen LogP) is 11.9. The first-order chi connectivity index (χ1) is 30.3. The van der Waals surface area contributed by atoms with Crippen LogP contribution in [0.1, 0.15) is 28.3 Å². The number of benzene rings is 4. The Kier molecular flexibility index (Phi) is 10.3. The number of aromatic nitrogens is 4. The Labute approximate surface area is 378 Å². The highest BCUT2D eigenvalue weighted by Gasteiger charge is 2.33. The predicted molar refractivity (Wildman–Crippen MR) is 278 cm³/mol. The van der Waals surface area contributed by atoms with E-state index in [2.05, 4.69) is 240 Å². The van der Waals surface area contributed by atoms with Gasteiger partial charge >= 0.3 is 0 Å². The molecule has 0 aliphatic carbocycles. The van der Waals surface area contributed by atoms with Gasteiger partial charge in [-0.05, 0) is 97.1 Å². The third-order valence-electron chi connectivity index (χ3n) is 12.2. The minimum Gasteiger partial charge on any atom is -0.355 e. The zero-order valence-electron chi connectivity index (χ0n) is 39.5. The molecule has 7 aromatic rings. The summed E-state index contributed by atoms with van der Waals surface area (Å²) in [6.45, 7) is 0. The summed E-state index contributed by atoms with van der Waals surface area (Å²) < 4.78 is 2.51. The summed E-state index contributed by atoms with van der Waals surface area (Å²) in [5.74, 6) is 0. The Morgan fingerprint density at radius 2 is 0.781 bits per heavy atom. The van der Waals surface area contributed by atoms with Crippen LogP contribution in [-0.4, -0.2) is 105 Å². The first-order valence-electron chi connectivity index (χ1n) is 22.1. The number of H-pyrrole nitrogens is 2. The largest absolute Gasteiger partial charge is 0.355 e. The van der Waals surface area contributed by atoms with Crippen LogP contribution < -0.4 is 17.9 Å². The maximum Gasteiger partial charge on any atom is 0.140 e. The van der Waals surface area contributed by atoms with Crippen molar-refractivity contribution in [3.05, 3.63) is 156 Å². The molecule has 3 aromatic heterocycles. The average Bonchev–Trinajstić information content (AvgIpc) is 4.04. The van der Waals surface area contributed by atoms with E-state index in [1.165, 1.54) is 22.7 Å². The SMILES string of the molecule is C[N+](C)(C)c1ccccc1C1=Cc2cc3ccc(cc4nc(cc5[nH]c(c(-c6ccccc6[N+](C)(C)C)c1n2)c(-c1ccccc1[N+](C)(C)C)c5-c1ccccc1[N+](C)(C)C)C=C4)[nH]3. The van der Waals surface area contributed by atoms with Crippen molar-refractivity contribution in [3.8, 4) is 33.4 Å². The lowest BCUT2D eigenvalue weighted by Crippen LogP contribution is -2.35. The van der Waals surface area contributed by atoms with Crippen molar-refractivity contribution in [2.24, 2.45) is 0 Å². The minimum atomic E-state index is 0.605. The molecular formula is C56H62N8+4. The van der Waals surface area contributed by atoms with E-state index in [9.17, 15) is 0 Å². The van der Waals surface area contributed by atoms with E-state index in [-0.39, 0.29) is 0 Å². The van der Waals surface area contributed by atoms with Gasteiger partial charge in [-0.15, -0.1) is 0 Å². The van der Waals surface area contributed by atoms with Gasteiger partial charge in [0.1, 0.15) is 22.7 Å². The van der Waals surface area contributed by atoms with Crippen molar-refractivity contribution in [2.45, 2.75) is 0 Å². The first-order valence-corrected chi connectivity index (χ1v) is 22.1. The lowest BCUT2D eigenvalue weighted by atomic mass is 9.88. The lowest BCUT2D eigenvalue weighted by Gasteiger charge is -2.29. The molecule has 5 heterocycles. The summed E-state index contributed by atoms with van der Waals surface area (Å²) in [6, 6.07) is 46.3. The molecule has 8 heteroatoms. The van der Waals surface area contributed by atoms with E-state index in [1.54, 1.807) is 0 Å². The second kappa shape index (κ2) is 15.5. The molecule has 9 rings (SSSR count). The van der Waals surface area contributed by atoms with Crippen molar-refractivity contribution in [2.75, 3.05) is 84.6 Å². The number of nitrogens with one attached hydrogen (secondary N) is 2. The molecule has 4 aromatic carbocycles. The van der Waals surface area contributed by atoms with Crippen LogP contribution in [0.25, 0.3) is 79.2 Å². The monoisotopic (exact) mass is 847 g/mol. The van der Waals surface area contributed by atoms with Gasteiger partial charge < -0.3 is 9.97 Å². The molecule has 2 aliphatic heterocycles. The molecule has 0 saturated heterocycles. The van der Waals surface area contributed by atoms with Gasteiger partial charge in [0.25, 0.3) is 0 Å². The number of hydrogen-bond donors (Lipinski definition) is 2. The van der Waals surface area contributed by atoms with E-state index in [0.29, 0.717) is 17.9 Å². The molecule has 8 nitrogen and oxygen atoms in total. The van der Waals surface area contributed by atoms with Crippen molar-refractivity contribution in [1.82, 2.24) is 37.9 Å². The number of fused-ring (bicyclic) bond motifs is 8. The Morgan fingerprint density at radius 1 is 0.375 bits per heavy atom. The van der Waals surface area contributed by atoms with Gasteiger partial charge in [-0.1, -0.05) is 48.5 Å². The Balaban J connectivity index is 1.63. The van der Waals surface area contributed by atoms with Gasteiger partial charge in [0.15, 0.2) is 0 Å². The highest BCUT2D eigenvalue weighted by Crippen LogP contribution is 2.52. The molecule has 2 N–H and O–H groups in total. The van der Waals surface area contributed by atoms with Crippen LogP contribution in [-0.2, 0) is 0 Å². The lowest BCUT2D eigenvalue weighted by molar-refractivity contribution is 0.485. The van der Waals surface area contributed by atoms with Gasteiger partial charge in [0.2, 0.25) is 0 Å². The molecule has 0 amide bonds. The van der Waals surface area contributed by atoms with E-state index >= 15 is 0 Å². The molecule has 0 atom stereocenters. The molecule has 2 aliphatic rings. The van der Waals surface area contributed by atoms with Crippen LogP contribution in [0.4, 0.5) is 22.7 Å². The van der Waals surface area contributed by atoms with Crippen LogP contribution in [0, 0.1) is 0 Å². The minimum absolute atomic E-state index is 0.605. The van der Waals surface area contributed by atoms with Crippen LogP contribution in [0.3, 0.4) is 0 Å². The molecule has 0 spiro atoms. The summed E-state index contributed by atoms with van der Waals surface area (Å²) >= 11 is 0. The number of aromatic amines is 2. The maximum absolute atomic E-state index is 5.78. The van der Waals surface area contributed by atoms with Gasteiger partial charge in [-0.3, -0.25) is 17.9 Å². The standard InChI is InChI=1S/C56H62N8/c1-61(2,3)48-25-17-13-21-42(48)46-35-41-34-39-30-29-37(57-39)33-38-31-32-40(58-38)36-47-52(43-22-14-18-26-49(43)62(4,5)6)53(44-23-15-19-27-50(44)63(7,8)9)56(60-47)54(55(46)59-41)45-24-16-20-28-51(45)64(10,11)12/h13-36,57,60H,1-12H3/q+4. The van der Waals surface area contributed by atoms with Crippen molar-refractivity contribution < 1.29 is 0 Å². The second-order valence-electron chi connectivity index (χ2n) is 20.7. The third-order valence-corrected chi connectivity index (χ3v) is 12.2. The van der Waals surface area contributed by atoms with E-state index in [0.717, 1.165) is 89.4 Å². The molecule has 64 heavy (non-hydrogen) atoms. The van der Waals surface area contributed by atoms with Crippen LogP contribution in [0.2, 0.25) is 0 Å². The number of quaternary nitrogens is 4. The highest BCUT2D eigenvalue weighted by molar-refractivity contribution is 6.14. The Morgan fingerprint density at radius 3 is 1.28 bits per heavy atom. The van der Waals surface area contributed by atoms with E-state index in [4.69, 9.17) is 9.97 Å². The fourth-order valence-electron chi connectivity index (χ4n) is 9.37. The van der Waals surface area contributed by atoms with Gasteiger partial charge in [0, 0.05) is 61.1 Å². The number of rotatable bonds is 8. The Bertz CT molecular complexity index is 3200. The normalized spacial score (nSPS) is 13.3. The van der Waals surface area contributed by atoms with Crippen LogP contribution in [0.5, 0.6) is 0 Å². The van der Waals surface area contributed by atoms with E-state index in [1.807, 2.05) is 0 Å². The molecule has 8 bridgehead atoms. The van der Waals surface area contributed by atoms with Crippen LogP contribution >= 0.6 is 0 Å². The smallest absolute Gasteiger partial charge is 0.140 e. The first kappa shape index (κ1) is 42.6. The van der Waals surface area contributed by atoms with Gasteiger partial charge in [0.05, 0.1) is 113 Å². The summed E-state index contributed by atoms with van der Waals surface area (Å²) in [4.78, 5) is 18.8. The molecular weight excluding hydrogens is 785 g/mol. The van der Waals surface area contributed by atoms with Gasteiger partial charge in [-0.25, -0.2) is 9.97 Å². The number of nitrogens with zero attached hydrogens (tertiary/aromatic N) is 6. The summed E-state index contributed by atoms with van der Waals surface area (Å²) in [6.07, 6.45) is 6.51. The summed E-state index contributed by atoms with van der Waals surface area (Å²) in [5.41, 5.74) is 21.2. The van der Waals surface area contributed by atoms with Crippen LogP contribution in [0.15, 0.2) is 127 Å². The van der Waals surface area contributed by atoms with Crippen molar-refractivity contribution in [3.63, 3.8) is 0 Å². The fraction of sp³-hybridized carbons (Fsp3) is 0.214. The zero-order chi connectivity index (χ0) is 45.3. The molecule has 0 fully saturated rings. The van der Waals surface area contributed by atoms with Gasteiger partial charge in [-0.2, -0.15) is 0 Å². The summed E-state index contributed by atoms with van der Waals surface area (Å²) in [5, 5.41) is 0. The molecule has 0 saturated carbocycles. The number of hydrogen-bond acceptors (Lipinski definition) is 2. The average molecular weight is 847 g/mol. The zero-order valence-corrected chi connectivity index (χ0v) is 39.5. The molecule has 322 valence electrons. The van der Waals surface area contributed by atoms with Crippen molar-refractivity contribution in [1.29, 1.82) is 0 Å². The molecule has 0 radical (unpaired) electrons. The fourth-order valence-corrected chi connectivity index (χ4v) is 9.37. The highest BCUT2D eigenvalue weighted by atomic mass is 15.3.